The molecule has 0 radical (unpaired) electrons. The van der Waals surface area contributed by atoms with Crippen LogP contribution < -0.4 is 0 Å². The summed E-state index contributed by atoms with van der Waals surface area (Å²) in [7, 11) is 3.58. The van der Waals surface area contributed by atoms with Crippen molar-refractivity contribution < 1.29 is 14.6 Å². The molecule has 18 heavy (non-hydrogen) atoms. The summed E-state index contributed by atoms with van der Waals surface area (Å²) in [6, 6.07) is 5.82. The van der Waals surface area contributed by atoms with Crippen LogP contribution in [0, 0.1) is 0 Å². The van der Waals surface area contributed by atoms with Crippen LogP contribution in [-0.4, -0.2) is 61.6 Å². The molecule has 1 atom stereocenters. The molecule has 0 aliphatic carbocycles. The number of pyridine rings is 1. The number of ether oxygens (including phenoxy) is 2. The number of aliphatic hydroxyl groups excluding tert-OH is 1. The van der Waals surface area contributed by atoms with E-state index >= 15 is 0 Å². The molecule has 0 aliphatic rings. The first kappa shape index (κ1) is 15.0. The van der Waals surface area contributed by atoms with E-state index in [0.29, 0.717) is 26.4 Å². The first-order valence-corrected chi connectivity index (χ1v) is 6.05. The quantitative estimate of drug-likeness (QED) is 0.652. The second kappa shape index (κ2) is 8.99. The van der Waals surface area contributed by atoms with Crippen molar-refractivity contribution in [2.24, 2.45) is 0 Å². The van der Waals surface area contributed by atoms with Crippen molar-refractivity contribution in [3.05, 3.63) is 30.1 Å². The van der Waals surface area contributed by atoms with Crippen LogP contribution in [0.2, 0.25) is 0 Å². The van der Waals surface area contributed by atoms with Gasteiger partial charge in [0.2, 0.25) is 0 Å². The van der Waals surface area contributed by atoms with E-state index in [9.17, 15) is 5.11 Å². The van der Waals surface area contributed by atoms with Gasteiger partial charge in [-0.2, -0.15) is 0 Å². The van der Waals surface area contributed by atoms with Crippen LogP contribution in [0.5, 0.6) is 0 Å². The molecule has 0 saturated heterocycles. The Morgan fingerprint density at radius 3 is 2.89 bits per heavy atom. The van der Waals surface area contributed by atoms with Crippen LogP contribution in [0.3, 0.4) is 0 Å². The number of hydrogen-bond acceptors (Lipinski definition) is 5. The maximum Gasteiger partial charge on any atom is 0.0900 e. The van der Waals surface area contributed by atoms with Crippen LogP contribution in [0.25, 0.3) is 0 Å². The summed E-state index contributed by atoms with van der Waals surface area (Å²) >= 11 is 0. The molecule has 0 aromatic carbocycles. The van der Waals surface area contributed by atoms with Crippen LogP contribution in [-0.2, 0) is 16.0 Å². The third-order valence-electron chi connectivity index (χ3n) is 2.42. The summed E-state index contributed by atoms with van der Waals surface area (Å²) in [6.07, 6.45) is 1.28. The first-order valence-electron chi connectivity index (χ1n) is 6.05. The van der Waals surface area contributed by atoms with Gasteiger partial charge in [0.05, 0.1) is 31.6 Å². The van der Waals surface area contributed by atoms with Crippen molar-refractivity contribution in [1.82, 2.24) is 9.88 Å². The zero-order chi connectivity index (χ0) is 13.2. The van der Waals surface area contributed by atoms with Crippen molar-refractivity contribution in [2.75, 3.05) is 40.5 Å². The summed E-state index contributed by atoms with van der Waals surface area (Å²) in [5.41, 5.74) is 0.993. The molecule has 0 spiro atoms. The highest BCUT2D eigenvalue weighted by Gasteiger charge is 2.09. The Balaban J connectivity index is 2.17. The van der Waals surface area contributed by atoms with Gasteiger partial charge >= 0.3 is 0 Å². The highest BCUT2D eigenvalue weighted by molar-refractivity contribution is 5.03. The fourth-order valence-corrected chi connectivity index (χ4v) is 1.61. The first-order chi connectivity index (χ1) is 8.72. The van der Waals surface area contributed by atoms with Gasteiger partial charge in [-0.05, 0) is 19.2 Å². The molecule has 1 heterocycles. The van der Waals surface area contributed by atoms with Crippen molar-refractivity contribution >= 4 is 0 Å². The normalized spacial score (nSPS) is 12.9. The molecule has 1 unspecified atom stereocenters. The Morgan fingerprint density at radius 2 is 2.22 bits per heavy atom. The van der Waals surface area contributed by atoms with Gasteiger partial charge in [-0.3, -0.25) is 9.88 Å². The number of hydrogen-bond donors (Lipinski definition) is 1. The Bertz CT molecular complexity index is 308. The highest BCUT2D eigenvalue weighted by Crippen LogP contribution is 2.00. The maximum atomic E-state index is 9.77. The van der Waals surface area contributed by atoms with Gasteiger partial charge < -0.3 is 14.6 Å². The van der Waals surface area contributed by atoms with E-state index in [2.05, 4.69) is 4.98 Å². The molecule has 1 aromatic heterocycles. The van der Waals surface area contributed by atoms with Crippen molar-refractivity contribution in [3.63, 3.8) is 0 Å². The van der Waals surface area contributed by atoms with Gasteiger partial charge in [0.25, 0.3) is 0 Å². The van der Waals surface area contributed by atoms with E-state index in [1.54, 1.807) is 13.3 Å². The van der Waals surface area contributed by atoms with Gasteiger partial charge in [0, 0.05) is 26.4 Å². The van der Waals surface area contributed by atoms with Crippen molar-refractivity contribution in [3.8, 4) is 0 Å². The van der Waals surface area contributed by atoms with E-state index in [1.165, 1.54) is 0 Å². The summed E-state index contributed by atoms with van der Waals surface area (Å²) < 4.78 is 10.1. The van der Waals surface area contributed by atoms with Crippen LogP contribution in [0.1, 0.15) is 5.69 Å². The average Bonchev–Trinajstić information content (AvgIpc) is 2.35. The largest absolute Gasteiger partial charge is 0.389 e. The lowest BCUT2D eigenvalue weighted by molar-refractivity contribution is 0.00150. The predicted octanol–water partition coefficient (Wildman–Crippen LogP) is 0.537. The smallest absolute Gasteiger partial charge is 0.0900 e. The molecule has 0 amide bonds. The minimum Gasteiger partial charge on any atom is -0.389 e. The summed E-state index contributed by atoms with van der Waals surface area (Å²) in [5.74, 6) is 0. The van der Waals surface area contributed by atoms with Gasteiger partial charge in [0.1, 0.15) is 0 Å². The lowest BCUT2D eigenvalue weighted by Gasteiger charge is -2.20. The fourth-order valence-electron chi connectivity index (χ4n) is 1.61. The fraction of sp³-hybridized carbons (Fsp3) is 0.615. The Kier molecular flexibility index (Phi) is 7.52. The Labute approximate surface area is 108 Å². The lowest BCUT2D eigenvalue weighted by atomic mass is 10.3. The number of aliphatic hydroxyl groups is 1. The average molecular weight is 254 g/mol. The zero-order valence-corrected chi connectivity index (χ0v) is 11.1. The van der Waals surface area contributed by atoms with E-state index in [-0.39, 0.29) is 0 Å². The molecule has 1 N–H and O–H groups in total. The van der Waals surface area contributed by atoms with E-state index in [1.807, 2.05) is 30.1 Å². The second-order valence-corrected chi connectivity index (χ2v) is 4.24. The molecule has 1 aromatic rings. The Hall–Kier alpha value is -1.01. The van der Waals surface area contributed by atoms with Crippen LogP contribution in [0.15, 0.2) is 24.4 Å². The SMILES string of the molecule is COCCOCC(O)CN(C)Cc1ccccn1. The minimum atomic E-state index is -0.490. The number of nitrogens with zero attached hydrogens (tertiary/aromatic N) is 2. The lowest BCUT2D eigenvalue weighted by Crippen LogP contribution is -2.32. The summed E-state index contributed by atoms with van der Waals surface area (Å²) in [6.45, 7) is 2.67. The maximum absolute atomic E-state index is 9.77. The van der Waals surface area contributed by atoms with Gasteiger partial charge in [-0.15, -0.1) is 0 Å². The summed E-state index contributed by atoms with van der Waals surface area (Å²) in [5, 5.41) is 9.77. The monoisotopic (exact) mass is 254 g/mol. The molecule has 5 nitrogen and oxygen atoms in total. The highest BCUT2D eigenvalue weighted by atomic mass is 16.5. The molecular formula is C13H22N2O3. The zero-order valence-electron chi connectivity index (χ0n) is 11.1. The topological polar surface area (TPSA) is 54.8 Å². The standard InChI is InChI=1S/C13H22N2O3/c1-15(9-12-5-3-4-6-14-12)10-13(16)11-18-8-7-17-2/h3-6,13,16H,7-11H2,1-2H3. The number of likely N-dealkylation sites (N-methyl/N-ethyl adjacent to an activating group) is 1. The number of rotatable bonds is 9. The van der Waals surface area contributed by atoms with Gasteiger partial charge in [-0.25, -0.2) is 0 Å². The van der Waals surface area contributed by atoms with Crippen molar-refractivity contribution in [1.29, 1.82) is 0 Å². The van der Waals surface area contributed by atoms with Crippen molar-refractivity contribution in [2.45, 2.75) is 12.6 Å². The second-order valence-electron chi connectivity index (χ2n) is 4.24. The third kappa shape index (κ3) is 6.66. The minimum absolute atomic E-state index is 0.329. The van der Waals surface area contributed by atoms with Crippen LogP contribution >= 0.6 is 0 Å². The van der Waals surface area contributed by atoms with E-state index < -0.39 is 6.10 Å². The molecule has 1 rings (SSSR count). The Morgan fingerprint density at radius 1 is 1.39 bits per heavy atom. The third-order valence-corrected chi connectivity index (χ3v) is 2.42. The van der Waals surface area contributed by atoms with Gasteiger partial charge in [-0.1, -0.05) is 6.07 Å². The molecule has 5 heteroatoms. The molecular weight excluding hydrogens is 232 g/mol. The number of aromatic nitrogens is 1. The molecule has 0 fully saturated rings. The predicted molar refractivity (Wildman–Crippen MR) is 69.3 cm³/mol. The molecule has 0 saturated carbocycles. The molecule has 0 bridgehead atoms. The number of methoxy groups -OCH3 is 1. The molecule has 0 aliphatic heterocycles. The van der Waals surface area contributed by atoms with Gasteiger partial charge in [0.15, 0.2) is 0 Å². The summed E-state index contributed by atoms with van der Waals surface area (Å²) in [4.78, 5) is 6.26. The van der Waals surface area contributed by atoms with E-state index in [4.69, 9.17) is 9.47 Å². The van der Waals surface area contributed by atoms with E-state index in [0.717, 1.165) is 12.2 Å². The molecule has 102 valence electrons. The van der Waals surface area contributed by atoms with Crippen LogP contribution in [0.4, 0.5) is 0 Å².